The zero-order valence-corrected chi connectivity index (χ0v) is 13.5. The molecule has 112 valence electrons. The van der Waals surface area contributed by atoms with E-state index >= 15 is 0 Å². The molecule has 20 heavy (non-hydrogen) atoms. The summed E-state index contributed by atoms with van der Waals surface area (Å²) in [5, 5.41) is 6.00. The van der Waals surface area contributed by atoms with Gasteiger partial charge in [-0.2, -0.15) is 0 Å². The van der Waals surface area contributed by atoms with Crippen molar-refractivity contribution in [3.05, 3.63) is 28.5 Å². The fourth-order valence-electron chi connectivity index (χ4n) is 1.63. The smallest absolute Gasteiger partial charge is 0.260 e. The van der Waals surface area contributed by atoms with Crippen LogP contribution in [0, 0.1) is 5.82 Å². The maximum Gasteiger partial charge on any atom is 0.260 e. The summed E-state index contributed by atoms with van der Waals surface area (Å²) in [6.07, 6.45) is -0.648. The van der Waals surface area contributed by atoms with Crippen molar-refractivity contribution in [2.45, 2.75) is 32.9 Å². The second-order valence-corrected chi connectivity index (χ2v) is 5.39. The van der Waals surface area contributed by atoms with Gasteiger partial charge in [-0.3, -0.25) is 4.79 Å². The van der Waals surface area contributed by atoms with Crippen molar-refractivity contribution in [3.63, 3.8) is 0 Å². The van der Waals surface area contributed by atoms with Crippen molar-refractivity contribution in [2.24, 2.45) is 0 Å². The third-order valence-corrected chi connectivity index (χ3v) is 3.32. The maximum atomic E-state index is 13.0. The lowest BCUT2D eigenvalue weighted by atomic mass is 10.3. The lowest BCUT2D eigenvalue weighted by Crippen LogP contribution is -2.43. The summed E-state index contributed by atoms with van der Waals surface area (Å²) in [6, 6.07) is 4.28. The summed E-state index contributed by atoms with van der Waals surface area (Å²) >= 11 is 3.20. The molecule has 0 aromatic heterocycles. The fraction of sp³-hybridized carbons (Fsp3) is 0.500. The molecule has 1 amide bonds. The van der Waals surface area contributed by atoms with Gasteiger partial charge in [0, 0.05) is 12.6 Å². The predicted molar refractivity (Wildman–Crippen MR) is 80.3 cm³/mol. The van der Waals surface area contributed by atoms with Crippen LogP contribution in [0.25, 0.3) is 0 Å². The molecule has 0 aliphatic rings. The van der Waals surface area contributed by atoms with Crippen LogP contribution in [0.15, 0.2) is 22.7 Å². The van der Waals surface area contributed by atoms with E-state index < -0.39 is 6.10 Å². The Bertz CT molecular complexity index is 457. The third kappa shape index (κ3) is 5.46. The summed E-state index contributed by atoms with van der Waals surface area (Å²) in [5.41, 5.74) is 0. The number of carbonyl (C=O) groups excluding carboxylic acids is 1. The van der Waals surface area contributed by atoms with Crippen LogP contribution >= 0.6 is 15.9 Å². The van der Waals surface area contributed by atoms with Crippen molar-refractivity contribution in [1.82, 2.24) is 10.6 Å². The van der Waals surface area contributed by atoms with Gasteiger partial charge in [-0.05, 0) is 54.5 Å². The van der Waals surface area contributed by atoms with Crippen LogP contribution in [0.1, 0.15) is 20.8 Å². The number of hydrogen-bond donors (Lipinski definition) is 2. The summed E-state index contributed by atoms with van der Waals surface area (Å²) in [5.74, 6) is -0.124. The van der Waals surface area contributed by atoms with E-state index in [0.29, 0.717) is 16.8 Å². The van der Waals surface area contributed by atoms with Crippen LogP contribution in [0.4, 0.5) is 4.39 Å². The summed E-state index contributed by atoms with van der Waals surface area (Å²) in [6.45, 7) is 7.04. The van der Waals surface area contributed by atoms with Gasteiger partial charge in [0.15, 0.2) is 6.10 Å². The van der Waals surface area contributed by atoms with Gasteiger partial charge in [-0.25, -0.2) is 4.39 Å². The number of benzene rings is 1. The highest BCUT2D eigenvalue weighted by molar-refractivity contribution is 9.10. The number of likely N-dealkylation sites (N-methyl/N-ethyl adjacent to an activating group) is 1. The van der Waals surface area contributed by atoms with Gasteiger partial charge in [-0.1, -0.05) is 6.92 Å². The second kappa shape index (κ2) is 8.21. The van der Waals surface area contributed by atoms with E-state index in [9.17, 15) is 9.18 Å². The molecule has 0 saturated heterocycles. The van der Waals surface area contributed by atoms with Gasteiger partial charge in [0.05, 0.1) is 4.47 Å². The normalized spacial score (nSPS) is 13.7. The highest BCUT2D eigenvalue weighted by Gasteiger charge is 2.16. The maximum absolute atomic E-state index is 13.0. The Morgan fingerprint density at radius 3 is 2.75 bits per heavy atom. The second-order valence-electron chi connectivity index (χ2n) is 4.54. The molecule has 0 aliphatic carbocycles. The molecule has 2 N–H and O–H groups in total. The molecule has 0 aliphatic heterocycles. The van der Waals surface area contributed by atoms with Crippen LogP contribution < -0.4 is 15.4 Å². The number of halogens is 2. The molecule has 2 atom stereocenters. The molecule has 0 saturated carbocycles. The van der Waals surface area contributed by atoms with E-state index in [1.54, 1.807) is 6.92 Å². The third-order valence-electron chi connectivity index (χ3n) is 2.70. The molecule has 0 bridgehead atoms. The lowest BCUT2D eigenvalue weighted by molar-refractivity contribution is -0.127. The molecular formula is C14H20BrFN2O2. The molecule has 0 fully saturated rings. The summed E-state index contributed by atoms with van der Waals surface area (Å²) < 4.78 is 18.9. The van der Waals surface area contributed by atoms with Crippen LogP contribution in [-0.2, 0) is 4.79 Å². The Kier molecular flexibility index (Phi) is 6.95. The zero-order valence-electron chi connectivity index (χ0n) is 11.9. The largest absolute Gasteiger partial charge is 0.480 e. The van der Waals surface area contributed by atoms with E-state index in [0.717, 1.165) is 6.54 Å². The molecule has 1 rings (SSSR count). The first-order valence-corrected chi connectivity index (χ1v) is 7.36. The Morgan fingerprint density at radius 1 is 1.45 bits per heavy atom. The number of ether oxygens (including phenoxy) is 1. The molecule has 1 aromatic carbocycles. The average molecular weight is 347 g/mol. The van der Waals surface area contributed by atoms with Crippen LogP contribution in [0.5, 0.6) is 5.75 Å². The summed E-state index contributed by atoms with van der Waals surface area (Å²) in [7, 11) is 0. The quantitative estimate of drug-likeness (QED) is 0.797. The number of nitrogens with one attached hydrogen (secondary N) is 2. The van der Waals surface area contributed by atoms with Crippen molar-refractivity contribution < 1.29 is 13.9 Å². The standard InChI is InChI=1S/C14H20BrFN2O2/c1-4-17-9(2)8-18-14(19)10(3)20-13-6-5-11(16)7-12(13)15/h5-7,9-10,17H,4,8H2,1-3H3,(H,18,19)/t9-,10?/m1/s1. The first kappa shape index (κ1) is 16.9. The monoisotopic (exact) mass is 346 g/mol. The molecule has 0 heterocycles. The Balaban J connectivity index is 2.49. The minimum atomic E-state index is -0.648. The van der Waals surface area contributed by atoms with E-state index in [2.05, 4.69) is 26.6 Å². The highest BCUT2D eigenvalue weighted by Crippen LogP contribution is 2.26. The molecule has 0 spiro atoms. The SMILES string of the molecule is CCN[C@H](C)CNC(=O)C(C)Oc1ccc(F)cc1Br. The van der Waals surface area contributed by atoms with E-state index in [4.69, 9.17) is 4.74 Å². The van der Waals surface area contributed by atoms with Gasteiger partial charge in [0.1, 0.15) is 11.6 Å². The van der Waals surface area contributed by atoms with Crippen molar-refractivity contribution >= 4 is 21.8 Å². The average Bonchev–Trinajstić information content (AvgIpc) is 2.39. The van der Waals surface area contributed by atoms with Crippen LogP contribution in [-0.4, -0.2) is 31.1 Å². The number of hydrogen-bond acceptors (Lipinski definition) is 3. The first-order valence-electron chi connectivity index (χ1n) is 6.56. The predicted octanol–water partition coefficient (Wildman–Crippen LogP) is 2.47. The zero-order chi connectivity index (χ0) is 15.1. The molecule has 6 heteroatoms. The Labute approximate surface area is 127 Å². The lowest BCUT2D eigenvalue weighted by Gasteiger charge is -2.18. The summed E-state index contributed by atoms with van der Waals surface area (Å²) in [4.78, 5) is 11.9. The van der Waals surface area contributed by atoms with Gasteiger partial charge in [0.25, 0.3) is 5.91 Å². The van der Waals surface area contributed by atoms with Crippen LogP contribution in [0.3, 0.4) is 0 Å². The molecular weight excluding hydrogens is 327 g/mol. The van der Waals surface area contributed by atoms with Crippen molar-refractivity contribution in [3.8, 4) is 5.75 Å². The Hall–Kier alpha value is -1.14. The van der Waals surface area contributed by atoms with Crippen LogP contribution in [0.2, 0.25) is 0 Å². The van der Waals surface area contributed by atoms with Crippen molar-refractivity contribution in [1.29, 1.82) is 0 Å². The topological polar surface area (TPSA) is 50.4 Å². The Morgan fingerprint density at radius 2 is 2.15 bits per heavy atom. The fourth-order valence-corrected chi connectivity index (χ4v) is 2.08. The molecule has 1 unspecified atom stereocenters. The van der Waals surface area contributed by atoms with Gasteiger partial charge >= 0.3 is 0 Å². The van der Waals surface area contributed by atoms with E-state index in [-0.39, 0.29) is 17.8 Å². The minimum absolute atomic E-state index is 0.203. The molecule has 4 nitrogen and oxygen atoms in total. The minimum Gasteiger partial charge on any atom is -0.480 e. The molecule has 0 radical (unpaired) electrons. The van der Waals surface area contributed by atoms with E-state index in [1.807, 2.05) is 13.8 Å². The highest BCUT2D eigenvalue weighted by atomic mass is 79.9. The van der Waals surface area contributed by atoms with Gasteiger partial charge in [0.2, 0.25) is 0 Å². The van der Waals surface area contributed by atoms with Crippen molar-refractivity contribution in [2.75, 3.05) is 13.1 Å². The van der Waals surface area contributed by atoms with Gasteiger partial charge in [-0.15, -0.1) is 0 Å². The first-order chi connectivity index (χ1) is 9.43. The number of amides is 1. The van der Waals surface area contributed by atoms with Gasteiger partial charge < -0.3 is 15.4 Å². The number of rotatable bonds is 7. The number of carbonyl (C=O) groups is 1. The molecule has 1 aromatic rings. The van der Waals surface area contributed by atoms with E-state index in [1.165, 1.54) is 18.2 Å².